The Morgan fingerprint density at radius 3 is 2.95 bits per heavy atom. The highest BCUT2D eigenvalue weighted by atomic mass is 19.1. The van der Waals surface area contributed by atoms with Crippen molar-refractivity contribution in [1.82, 2.24) is 15.2 Å². The summed E-state index contributed by atoms with van der Waals surface area (Å²) in [5, 5.41) is 3.25. The molecule has 0 unspecified atom stereocenters. The molecule has 4 nitrogen and oxygen atoms in total. The van der Waals surface area contributed by atoms with E-state index >= 15 is 0 Å². The predicted molar refractivity (Wildman–Crippen MR) is 80.5 cm³/mol. The molecule has 2 rings (SSSR count). The second-order valence-corrected chi connectivity index (χ2v) is 5.43. The van der Waals surface area contributed by atoms with Crippen LogP contribution in [0.5, 0.6) is 0 Å². The first-order chi connectivity index (χ1) is 9.72. The molecule has 2 heterocycles. The standard InChI is InChI=1S/C15H25FN4/c1-3-6-17-12-13-5-7-18-15(14(13)16)20-9-4-8-19(2)10-11-20/h5,7,17H,3-4,6,8-12H2,1-2H3. The van der Waals surface area contributed by atoms with E-state index in [1.54, 1.807) is 12.3 Å². The van der Waals surface area contributed by atoms with Crippen LogP contribution in [0.25, 0.3) is 0 Å². The molecule has 0 amide bonds. The van der Waals surface area contributed by atoms with Gasteiger partial charge in [-0.3, -0.25) is 0 Å². The number of anilines is 1. The molecular formula is C15H25FN4. The van der Waals surface area contributed by atoms with Crippen LogP contribution in [0.3, 0.4) is 0 Å². The van der Waals surface area contributed by atoms with Crippen molar-refractivity contribution in [3.05, 3.63) is 23.6 Å². The number of pyridine rings is 1. The maximum Gasteiger partial charge on any atom is 0.170 e. The van der Waals surface area contributed by atoms with Crippen molar-refractivity contribution in [3.8, 4) is 0 Å². The highest BCUT2D eigenvalue weighted by molar-refractivity contribution is 5.43. The summed E-state index contributed by atoms with van der Waals surface area (Å²) in [7, 11) is 2.11. The van der Waals surface area contributed by atoms with Crippen molar-refractivity contribution < 1.29 is 4.39 Å². The Morgan fingerprint density at radius 2 is 2.15 bits per heavy atom. The van der Waals surface area contributed by atoms with Crippen molar-refractivity contribution in [2.75, 3.05) is 44.7 Å². The minimum Gasteiger partial charge on any atom is -0.353 e. The van der Waals surface area contributed by atoms with Gasteiger partial charge in [0.05, 0.1) is 0 Å². The number of rotatable bonds is 5. The zero-order chi connectivity index (χ0) is 14.4. The number of aromatic nitrogens is 1. The van der Waals surface area contributed by atoms with E-state index in [0.29, 0.717) is 17.9 Å². The van der Waals surface area contributed by atoms with Crippen molar-refractivity contribution in [2.24, 2.45) is 0 Å². The van der Waals surface area contributed by atoms with E-state index in [2.05, 4.69) is 34.1 Å². The van der Waals surface area contributed by atoms with Gasteiger partial charge in [-0.1, -0.05) is 6.92 Å². The molecule has 20 heavy (non-hydrogen) atoms. The smallest absolute Gasteiger partial charge is 0.170 e. The van der Waals surface area contributed by atoms with Crippen LogP contribution >= 0.6 is 0 Å². The van der Waals surface area contributed by atoms with Gasteiger partial charge in [-0.25, -0.2) is 9.37 Å². The molecule has 0 saturated carbocycles. The van der Waals surface area contributed by atoms with Crippen LogP contribution in [-0.4, -0.2) is 49.7 Å². The van der Waals surface area contributed by atoms with Crippen LogP contribution in [0, 0.1) is 5.82 Å². The van der Waals surface area contributed by atoms with E-state index < -0.39 is 0 Å². The van der Waals surface area contributed by atoms with Crippen LogP contribution in [-0.2, 0) is 6.54 Å². The van der Waals surface area contributed by atoms with Crippen molar-refractivity contribution in [2.45, 2.75) is 26.3 Å². The van der Waals surface area contributed by atoms with Crippen molar-refractivity contribution >= 4 is 5.82 Å². The van der Waals surface area contributed by atoms with Gasteiger partial charge >= 0.3 is 0 Å². The summed E-state index contributed by atoms with van der Waals surface area (Å²) in [6.45, 7) is 7.32. The Bertz CT molecular complexity index is 424. The lowest BCUT2D eigenvalue weighted by Gasteiger charge is -2.23. The Balaban J connectivity index is 2.08. The fourth-order valence-corrected chi connectivity index (χ4v) is 2.49. The number of hydrogen-bond donors (Lipinski definition) is 1. The van der Waals surface area contributed by atoms with E-state index in [1.807, 2.05) is 0 Å². The molecule has 1 aliphatic heterocycles. The van der Waals surface area contributed by atoms with Crippen LogP contribution < -0.4 is 10.2 Å². The molecule has 1 aromatic rings. The third-order valence-electron chi connectivity index (χ3n) is 3.71. The zero-order valence-corrected chi connectivity index (χ0v) is 12.5. The third kappa shape index (κ3) is 3.90. The van der Waals surface area contributed by atoms with Gasteiger partial charge in [0, 0.05) is 37.9 Å². The molecule has 1 saturated heterocycles. The van der Waals surface area contributed by atoms with Crippen LogP contribution in [0.2, 0.25) is 0 Å². The maximum absolute atomic E-state index is 14.6. The van der Waals surface area contributed by atoms with Crippen LogP contribution in [0.15, 0.2) is 12.3 Å². The second-order valence-electron chi connectivity index (χ2n) is 5.43. The predicted octanol–water partition coefficient (Wildman–Crippen LogP) is 1.86. The largest absolute Gasteiger partial charge is 0.353 e. The Morgan fingerprint density at radius 1 is 1.30 bits per heavy atom. The van der Waals surface area contributed by atoms with Gasteiger partial charge in [-0.2, -0.15) is 0 Å². The topological polar surface area (TPSA) is 31.4 Å². The minimum atomic E-state index is -0.166. The molecule has 1 N–H and O–H groups in total. The summed E-state index contributed by atoms with van der Waals surface area (Å²) in [5.41, 5.74) is 0.709. The Hall–Kier alpha value is -1.20. The number of halogens is 1. The third-order valence-corrected chi connectivity index (χ3v) is 3.71. The van der Waals surface area contributed by atoms with E-state index in [9.17, 15) is 4.39 Å². The number of hydrogen-bond acceptors (Lipinski definition) is 4. The lowest BCUT2D eigenvalue weighted by atomic mass is 10.2. The van der Waals surface area contributed by atoms with Gasteiger partial charge in [-0.05, 0) is 39.0 Å². The second kappa shape index (κ2) is 7.55. The normalized spacial score (nSPS) is 17.2. The number of nitrogens with one attached hydrogen (secondary N) is 1. The van der Waals surface area contributed by atoms with Gasteiger partial charge in [0.25, 0.3) is 0 Å². The molecule has 112 valence electrons. The van der Waals surface area contributed by atoms with E-state index in [0.717, 1.165) is 45.6 Å². The number of likely N-dealkylation sites (N-methyl/N-ethyl adjacent to an activating group) is 1. The molecule has 0 bridgehead atoms. The summed E-state index contributed by atoms with van der Waals surface area (Å²) < 4.78 is 14.6. The molecule has 1 aromatic heterocycles. The monoisotopic (exact) mass is 280 g/mol. The summed E-state index contributed by atoms with van der Waals surface area (Å²) in [6.07, 6.45) is 3.82. The van der Waals surface area contributed by atoms with E-state index in [-0.39, 0.29) is 5.82 Å². The van der Waals surface area contributed by atoms with Crippen molar-refractivity contribution in [3.63, 3.8) is 0 Å². The van der Waals surface area contributed by atoms with Gasteiger partial charge in [0.2, 0.25) is 0 Å². The summed E-state index contributed by atoms with van der Waals surface area (Å²) in [4.78, 5) is 8.62. The average molecular weight is 280 g/mol. The quantitative estimate of drug-likeness (QED) is 0.834. The van der Waals surface area contributed by atoms with E-state index in [1.165, 1.54) is 0 Å². The summed E-state index contributed by atoms with van der Waals surface area (Å²) in [6, 6.07) is 1.77. The SMILES string of the molecule is CCCNCc1ccnc(N2CCCN(C)CC2)c1F. The van der Waals surface area contributed by atoms with Gasteiger partial charge in [-0.15, -0.1) is 0 Å². The van der Waals surface area contributed by atoms with Crippen LogP contribution in [0.4, 0.5) is 10.2 Å². The molecule has 0 aliphatic carbocycles. The summed E-state index contributed by atoms with van der Waals surface area (Å²) in [5.74, 6) is 0.344. The first-order valence-corrected chi connectivity index (χ1v) is 7.50. The molecule has 1 fully saturated rings. The molecule has 0 atom stereocenters. The highest BCUT2D eigenvalue weighted by Gasteiger charge is 2.18. The molecule has 1 aliphatic rings. The molecule has 5 heteroatoms. The number of nitrogens with zero attached hydrogens (tertiary/aromatic N) is 3. The molecular weight excluding hydrogens is 255 g/mol. The molecule has 0 aromatic carbocycles. The van der Waals surface area contributed by atoms with Crippen molar-refractivity contribution in [1.29, 1.82) is 0 Å². The highest BCUT2D eigenvalue weighted by Crippen LogP contribution is 2.20. The van der Waals surface area contributed by atoms with Gasteiger partial charge in [0.1, 0.15) is 0 Å². The van der Waals surface area contributed by atoms with Crippen LogP contribution in [0.1, 0.15) is 25.3 Å². The van der Waals surface area contributed by atoms with Gasteiger partial charge in [0.15, 0.2) is 11.6 Å². The first-order valence-electron chi connectivity index (χ1n) is 7.50. The first kappa shape index (κ1) is 15.2. The lowest BCUT2D eigenvalue weighted by molar-refractivity contribution is 0.360. The molecule has 0 radical (unpaired) electrons. The average Bonchev–Trinajstić information content (AvgIpc) is 2.66. The van der Waals surface area contributed by atoms with E-state index in [4.69, 9.17) is 0 Å². The summed E-state index contributed by atoms with van der Waals surface area (Å²) >= 11 is 0. The zero-order valence-electron chi connectivity index (χ0n) is 12.5. The Labute approximate surface area is 121 Å². The van der Waals surface area contributed by atoms with Gasteiger partial charge < -0.3 is 15.1 Å². The Kier molecular flexibility index (Phi) is 5.73. The minimum absolute atomic E-state index is 0.166. The molecule has 0 spiro atoms. The fraction of sp³-hybridized carbons (Fsp3) is 0.667. The lowest BCUT2D eigenvalue weighted by Crippen LogP contribution is -2.30. The maximum atomic E-state index is 14.6. The fourth-order valence-electron chi connectivity index (χ4n) is 2.49.